The topological polar surface area (TPSA) is 46.6 Å². The van der Waals surface area contributed by atoms with Crippen molar-refractivity contribution < 1.29 is 14.3 Å². The highest BCUT2D eigenvalue weighted by Crippen LogP contribution is 2.32. The van der Waals surface area contributed by atoms with Crippen molar-refractivity contribution in [3.8, 4) is 0 Å². The maximum atomic E-state index is 12.4. The van der Waals surface area contributed by atoms with E-state index in [2.05, 4.69) is 0 Å². The molecule has 1 aromatic carbocycles. The van der Waals surface area contributed by atoms with Crippen LogP contribution in [0.25, 0.3) is 0 Å². The first-order valence-electron chi connectivity index (χ1n) is 7.76. The first kappa shape index (κ1) is 14.1. The van der Waals surface area contributed by atoms with Gasteiger partial charge in [0.15, 0.2) is 0 Å². The smallest absolute Gasteiger partial charge is 0.311 e. The van der Waals surface area contributed by atoms with Crippen molar-refractivity contribution in [2.75, 3.05) is 6.54 Å². The average molecular weight is 287 g/mol. The van der Waals surface area contributed by atoms with Gasteiger partial charge >= 0.3 is 5.97 Å². The second kappa shape index (κ2) is 6.29. The molecule has 2 aliphatic rings. The lowest BCUT2D eigenvalue weighted by atomic mass is 9.83. The normalized spacial score (nSPS) is 25.3. The van der Waals surface area contributed by atoms with Crippen LogP contribution in [0.4, 0.5) is 0 Å². The van der Waals surface area contributed by atoms with Gasteiger partial charge in [0.05, 0.1) is 5.92 Å². The summed E-state index contributed by atoms with van der Waals surface area (Å²) in [5.74, 6) is -0.0956. The van der Waals surface area contributed by atoms with Gasteiger partial charge in [0.25, 0.3) is 0 Å². The number of nitrogens with zero attached hydrogens (tertiary/aromatic N) is 1. The Morgan fingerprint density at radius 2 is 2.00 bits per heavy atom. The number of carbonyl (C=O) groups excluding carboxylic acids is 2. The molecule has 112 valence electrons. The number of carbonyl (C=O) groups is 2. The Bertz CT molecular complexity index is 514. The van der Waals surface area contributed by atoms with E-state index >= 15 is 0 Å². The molecule has 2 saturated heterocycles. The molecule has 1 amide bonds. The van der Waals surface area contributed by atoms with E-state index in [0.29, 0.717) is 13.0 Å². The first-order valence-corrected chi connectivity index (χ1v) is 7.76. The van der Waals surface area contributed by atoms with E-state index in [9.17, 15) is 9.59 Å². The molecule has 0 bridgehead atoms. The van der Waals surface area contributed by atoms with Crippen molar-refractivity contribution in [3.05, 3.63) is 35.9 Å². The third-order valence-electron chi connectivity index (χ3n) is 4.52. The summed E-state index contributed by atoms with van der Waals surface area (Å²) in [6, 6.07) is 9.77. The zero-order valence-corrected chi connectivity index (χ0v) is 12.2. The Morgan fingerprint density at radius 3 is 2.81 bits per heavy atom. The lowest BCUT2D eigenvalue weighted by Gasteiger charge is -2.43. The SMILES string of the molecule is O=C(OCc1ccccc1)[C@@H]1CCCN2C(=O)CCC[C@H]12. The van der Waals surface area contributed by atoms with Crippen LogP contribution in [0.5, 0.6) is 0 Å². The summed E-state index contributed by atoms with van der Waals surface area (Å²) >= 11 is 0. The van der Waals surface area contributed by atoms with E-state index in [-0.39, 0.29) is 23.8 Å². The molecule has 2 aliphatic heterocycles. The highest BCUT2D eigenvalue weighted by molar-refractivity contribution is 5.80. The summed E-state index contributed by atoms with van der Waals surface area (Å²) in [5.41, 5.74) is 0.998. The highest BCUT2D eigenvalue weighted by Gasteiger charge is 2.40. The Labute approximate surface area is 125 Å². The van der Waals surface area contributed by atoms with Gasteiger partial charge in [-0.2, -0.15) is 0 Å². The zero-order chi connectivity index (χ0) is 14.7. The lowest BCUT2D eigenvalue weighted by Crippen LogP contribution is -2.53. The maximum absolute atomic E-state index is 12.4. The van der Waals surface area contributed by atoms with Crippen LogP contribution in [-0.2, 0) is 20.9 Å². The number of esters is 1. The fraction of sp³-hybridized carbons (Fsp3) is 0.529. The molecule has 0 N–H and O–H groups in total. The molecule has 0 unspecified atom stereocenters. The Balaban J connectivity index is 1.62. The second-order valence-corrected chi connectivity index (χ2v) is 5.89. The number of rotatable bonds is 3. The monoisotopic (exact) mass is 287 g/mol. The molecule has 0 saturated carbocycles. The summed E-state index contributed by atoms with van der Waals surface area (Å²) in [7, 11) is 0. The highest BCUT2D eigenvalue weighted by atomic mass is 16.5. The Morgan fingerprint density at radius 1 is 1.19 bits per heavy atom. The predicted molar refractivity (Wildman–Crippen MR) is 78.3 cm³/mol. The minimum absolute atomic E-state index is 0.0586. The van der Waals surface area contributed by atoms with E-state index in [4.69, 9.17) is 4.74 Å². The van der Waals surface area contributed by atoms with Gasteiger partial charge < -0.3 is 9.64 Å². The summed E-state index contributed by atoms with van der Waals surface area (Å²) in [4.78, 5) is 26.2. The van der Waals surface area contributed by atoms with Crippen LogP contribution < -0.4 is 0 Å². The maximum Gasteiger partial charge on any atom is 0.311 e. The minimum atomic E-state index is -0.150. The van der Waals surface area contributed by atoms with E-state index < -0.39 is 0 Å². The van der Waals surface area contributed by atoms with Crippen LogP contribution in [0, 0.1) is 5.92 Å². The molecule has 2 heterocycles. The molecule has 21 heavy (non-hydrogen) atoms. The molecule has 2 fully saturated rings. The largest absolute Gasteiger partial charge is 0.461 e. The number of ether oxygens (including phenoxy) is 1. The molecular formula is C17H21NO3. The van der Waals surface area contributed by atoms with Crippen LogP contribution in [-0.4, -0.2) is 29.4 Å². The number of fused-ring (bicyclic) bond motifs is 1. The third kappa shape index (κ3) is 3.09. The molecule has 4 heteroatoms. The van der Waals surface area contributed by atoms with Crippen LogP contribution in [0.2, 0.25) is 0 Å². The number of piperidine rings is 2. The summed E-state index contributed by atoms with van der Waals surface area (Å²) < 4.78 is 5.47. The second-order valence-electron chi connectivity index (χ2n) is 5.89. The lowest BCUT2D eigenvalue weighted by molar-refractivity contribution is -0.158. The number of amides is 1. The van der Waals surface area contributed by atoms with E-state index in [1.807, 2.05) is 35.2 Å². The van der Waals surface area contributed by atoms with Gasteiger partial charge in [-0.1, -0.05) is 30.3 Å². The van der Waals surface area contributed by atoms with Gasteiger partial charge in [0.1, 0.15) is 6.61 Å². The number of benzene rings is 1. The van der Waals surface area contributed by atoms with Gasteiger partial charge in [-0.15, -0.1) is 0 Å². The van der Waals surface area contributed by atoms with Crippen LogP contribution in [0.1, 0.15) is 37.7 Å². The van der Waals surface area contributed by atoms with Crippen molar-refractivity contribution in [2.24, 2.45) is 5.92 Å². The molecule has 3 rings (SSSR count). The van der Waals surface area contributed by atoms with Gasteiger partial charge in [-0.3, -0.25) is 9.59 Å². The quantitative estimate of drug-likeness (QED) is 0.803. The van der Waals surface area contributed by atoms with Crippen LogP contribution in [0.15, 0.2) is 30.3 Å². The fourth-order valence-corrected chi connectivity index (χ4v) is 3.44. The summed E-state index contributed by atoms with van der Waals surface area (Å²) in [5, 5.41) is 0. The van der Waals surface area contributed by atoms with E-state index in [1.165, 1.54) is 0 Å². The van der Waals surface area contributed by atoms with Crippen LogP contribution >= 0.6 is 0 Å². The Kier molecular flexibility index (Phi) is 4.23. The number of hydrogen-bond donors (Lipinski definition) is 0. The van der Waals surface area contributed by atoms with Gasteiger partial charge in [-0.05, 0) is 31.2 Å². The molecular weight excluding hydrogens is 266 g/mol. The Hall–Kier alpha value is -1.84. The van der Waals surface area contributed by atoms with Gasteiger partial charge in [-0.25, -0.2) is 0 Å². The standard InChI is InChI=1S/C17H21NO3/c19-16-10-4-9-15-14(8-5-11-18(15)16)17(20)21-12-13-6-2-1-3-7-13/h1-3,6-7,14-15H,4-5,8-12H2/t14-,15-/m1/s1. The minimum Gasteiger partial charge on any atom is -0.461 e. The molecule has 0 aromatic heterocycles. The summed E-state index contributed by atoms with van der Waals surface area (Å²) in [6.45, 7) is 1.11. The van der Waals surface area contributed by atoms with Crippen molar-refractivity contribution in [2.45, 2.75) is 44.8 Å². The summed E-state index contributed by atoms with van der Waals surface area (Å²) in [6.07, 6.45) is 4.18. The molecule has 0 radical (unpaired) electrons. The molecule has 2 atom stereocenters. The molecule has 1 aromatic rings. The number of hydrogen-bond acceptors (Lipinski definition) is 3. The van der Waals surface area contributed by atoms with Crippen molar-refractivity contribution in [1.82, 2.24) is 4.90 Å². The van der Waals surface area contributed by atoms with E-state index in [0.717, 1.165) is 37.8 Å². The average Bonchev–Trinajstić information content (AvgIpc) is 2.53. The fourth-order valence-electron chi connectivity index (χ4n) is 3.44. The third-order valence-corrected chi connectivity index (χ3v) is 4.52. The first-order chi connectivity index (χ1) is 10.3. The van der Waals surface area contributed by atoms with Gasteiger partial charge in [0, 0.05) is 19.0 Å². The van der Waals surface area contributed by atoms with Crippen molar-refractivity contribution in [3.63, 3.8) is 0 Å². The van der Waals surface area contributed by atoms with Crippen LogP contribution in [0.3, 0.4) is 0 Å². The zero-order valence-electron chi connectivity index (χ0n) is 12.2. The van der Waals surface area contributed by atoms with Crippen molar-refractivity contribution in [1.29, 1.82) is 0 Å². The molecule has 0 aliphatic carbocycles. The molecule has 4 nitrogen and oxygen atoms in total. The molecule has 0 spiro atoms. The predicted octanol–water partition coefficient (Wildman–Crippen LogP) is 2.52. The van der Waals surface area contributed by atoms with Gasteiger partial charge in [0.2, 0.25) is 5.91 Å². The van der Waals surface area contributed by atoms with E-state index in [1.54, 1.807) is 0 Å². The van der Waals surface area contributed by atoms with Crippen molar-refractivity contribution >= 4 is 11.9 Å².